The molecule has 0 amide bonds. The highest BCUT2D eigenvalue weighted by molar-refractivity contribution is 9.10. The van der Waals surface area contributed by atoms with Crippen molar-refractivity contribution in [1.29, 1.82) is 0 Å². The summed E-state index contributed by atoms with van der Waals surface area (Å²) in [5.41, 5.74) is 1.08. The molecule has 1 N–H and O–H groups in total. The van der Waals surface area contributed by atoms with E-state index in [4.69, 9.17) is 9.47 Å². The van der Waals surface area contributed by atoms with Crippen LogP contribution in [-0.4, -0.2) is 24.3 Å². The largest absolute Gasteiger partial charge is 0.496 e. The quantitative estimate of drug-likeness (QED) is 0.939. The third-order valence-corrected chi connectivity index (χ3v) is 3.46. The summed E-state index contributed by atoms with van der Waals surface area (Å²) in [6.45, 7) is 0. The molecule has 0 aliphatic rings. The molecule has 0 bridgehead atoms. The Balaban J connectivity index is 2.55. The molecule has 0 saturated heterocycles. The Morgan fingerprint density at radius 2 is 1.74 bits per heavy atom. The van der Waals surface area contributed by atoms with Crippen molar-refractivity contribution in [3.8, 4) is 11.5 Å². The van der Waals surface area contributed by atoms with Gasteiger partial charge >= 0.3 is 0 Å². The van der Waals surface area contributed by atoms with Crippen molar-refractivity contribution in [1.82, 2.24) is 4.98 Å². The van der Waals surface area contributed by atoms with Gasteiger partial charge in [0.25, 0.3) is 0 Å². The number of ether oxygens (including phenoxy) is 2. The van der Waals surface area contributed by atoms with Crippen LogP contribution >= 0.6 is 15.9 Å². The predicted octanol–water partition coefficient (Wildman–Crippen LogP) is 2.94. The first-order valence-corrected chi connectivity index (χ1v) is 6.47. The molecule has 0 radical (unpaired) electrons. The van der Waals surface area contributed by atoms with Crippen LogP contribution in [0.25, 0.3) is 0 Å². The Hall–Kier alpha value is -1.59. The summed E-state index contributed by atoms with van der Waals surface area (Å²) < 4.78 is 11.3. The number of aliphatic hydroxyl groups excluding tert-OH is 1. The van der Waals surface area contributed by atoms with Gasteiger partial charge in [-0.3, -0.25) is 4.98 Å². The van der Waals surface area contributed by atoms with E-state index in [-0.39, 0.29) is 0 Å². The smallest absolute Gasteiger partial charge is 0.129 e. The van der Waals surface area contributed by atoms with Gasteiger partial charge in [-0.1, -0.05) is 6.07 Å². The monoisotopic (exact) mass is 323 g/mol. The van der Waals surface area contributed by atoms with Crippen molar-refractivity contribution in [2.75, 3.05) is 14.2 Å². The number of aromatic nitrogens is 1. The van der Waals surface area contributed by atoms with Crippen molar-refractivity contribution in [2.45, 2.75) is 6.10 Å². The van der Waals surface area contributed by atoms with Gasteiger partial charge in [-0.05, 0) is 40.2 Å². The molecule has 1 aromatic carbocycles. The molecule has 1 atom stereocenters. The topological polar surface area (TPSA) is 51.6 Å². The fourth-order valence-corrected chi connectivity index (χ4v) is 2.36. The minimum absolute atomic E-state index is 0.519. The number of pyridine rings is 1. The van der Waals surface area contributed by atoms with E-state index >= 15 is 0 Å². The Kier molecular flexibility index (Phi) is 4.39. The van der Waals surface area contributed by atoms with Crippen LogP contribution in [0.5, 0.6) is 11.5 Å². The second kappa shape index (κ2) is 6.04. The summed E-state index contributed by atoms with van der Waals surface area (Å²) in [5.74, 6) is 1.12. The highest BCUT2D eigenvalue weighted by Gasteiger charge is 2.23. The number of rotatable bonds is 4. The Bertz CT molecular complexity index is 552. The van der Waals surface area contributed by atoms with Gasteiger partial charge in [0.1, 0.15) is 17.6 Å². The molecule has 19 heavy (non-hydrogen) atoms. The van der Waals surface area contributed by atoms with Gasteiger partial charge in [-0.2, -0.15) is 0 Å². The molecule has 0 aliphatic carbocycles. The molecule has 0 fully saturated rings. The summed E-state index contributed by atoms with van der Waals surface area (Å²) in [5, 5.41) is 10.5. The van der Waals surface area contributed by atoms with Gasteiger partial charge in [-0.25, -0.2) is 0 Å². The van der Waals surface area contributed by atoms with Crippen LogP contribution in [-0.2, 0) is 0 Å². The van der Waals surface area contributed by atoms with Gasteiger partial charge in [0.05, 0.1) is 25.5 Å². The van der Waals surface area contributed by atoms with E-state index in [1.54, 1.807) is 44.7 Å². The third-order valence-electron chi connectivity index (χ3n) is 2.79. The van der Waals surface area contributed by atoms with Gasteiger partial charge in [0.2, 0.25) is 0 Å². The number of aliphatic hydroxyl groups is 1. The lowest BCUT2D eigenvalue weighted by Crippen LogP contribution is -2.07. The van der Waals surface area contributed by atoms with E-state index in [9.17, 15) is 5.11 Å². The number of hydrogen-bond acceptors (Lipinski definition) is 4. The van der Waals surface area contributed by atoms with Crippen LogP contribution in [0, 0.1) is 0 Å². The summed E-state index contributed by atoms with van der Waals surface area (Å²) >= 11 is 3.38. The van der Waals surface area contributed by atoms with E-state index in [1.807, 2.05) is 6.07 Å². The summed E-state index contributed by atoms with van der Waals surface area (Å²) in [6.07, 6.45) is 0.701. The zero-order chi connectivity index (χ0) is 13.8. The molecule has 2 aromatic rings. The number of nitrogens with zero attached hydrogens (tertiary/aromatic N) is 1. The van der Waals surface area contributed by atoms with E-state index in [2.05, 4.69) is 20.9 Å². The van der Waals surface area contributed by atoms with Crippen molar-refractivity contribution < 1.29 is 14.6 Å². The molecular formula is C14H14BrNO3. The number of benzene rings is 1. The SMILES string of the molecule is COc1cccc(OC)c1C(O)c1ncccc1Br. The van der Waals surface area contributed by atoms with Crippen LogP contribution in [0.3, 0.4) is 0 Å². The second-order valence-corrected chi connectivity index (χ2v) is 4.70. The van der Waals surface area contributed by atoms with E-state index < -0.39 is 6.10 Å². The van der Waals surface area contributed by atoms with Gasteiger partial charge in [0, 0.05) is 10.7 Å². The Morgan fingerprint density at radius 3 is 2.26 bits per heavy atom. The maximum atomic E-state index is 10.5. The lowest BCUT2D eigenvalue weighted by Gasteiger charge is -2.18. The van der Waals surface area contributed by atoms with Gasteiger partial charge < -0.3 is 14.6 Å². The highest BCUT2D eigenvalue weighted by Crippen LogP contribution is 2.38. The average molecular weight is 324 g/mol. The van der Waals surface area contributed by atoms with E-state index in [0.717, 1.165) is 4.47 Å². The van der Waals surface area contributed by atoms with Crippen molar-refractivity contribution in [2.24, 2.45) is 0 Å². The van der Waals surface area contributed by atoms with Crippen LogP contribution in [0.4, 0.5) is 0 Å². The maximum absolute atomic E-state index is 10.5. The van der Waals surface area contributed by atoms with Crippen LogP contribution in [0.2, 0.25) is 0 Å². The van der Waals surface area contributed by atoms with Crippen LogP contribution in [0.15, 0.2) is 41.0 Å². The predicted molar refractivity (Wildman–Crippen MR) is 75.5 cm³/mol. The first-order chi connectivity index (χ1) is 9.19. The standard InChI is InChI=1S/C14H14BrNO3/c1-18-10-6-3-7-11(19-2)12(10)14(17)13-9(15)5-4-8-16-13/h3-8,14,17H,1-2H3. The minimum atomic E-state index is -0.929. The fourth-order valence-electron chi connectivity index (χ4n) is 1.89. The zero-order valence-electron chi connectivity index (χ0n) is 10.6. The molecule has 0 aliphatic heterocycles. The molecule has 0 spiro atoms. The van der Waals surface area contributed by atoms with E-state index in [1.165, 1.54) is 0 Å². The van der Waals surface area contributed by atoms with Gasteiger partial charge in [-0.15, -0.1) is 0 Å². The lowest BCUT2D eigenvalue weighted by atomic mass is 10.0. The molecule has 1 unspecified atom stereocenters. The zero-order valence-corrected chi connectivity index (χ0v) is 12.2. The normalized spacial score (nSPS) is 12.0. The number of hydrogen-bond donors (Lipinski definition) is 1. The molecule has 4 nitrogen and oxygen atoms in total. The maximum Gasteiger partial charge on any atom is 0.129 e. The summed E-state index contributed by atoms with van der Waals surface area (Å²) in [7, 11) is 3.11. The molecule has 5 heteroatoms. The molecule has 1 aromatic heterocycles. The Labute approximate surface area is 120 Å². The first kappa shape index (κ1) is 13.8. The molecule has 1 heterocycles. The average Bonchev–Trinajstić information content (AvgIpc) is 2.46. The van der Waals surface area contributed by atoms with Crippen LogP contribution in [0.1, 0.15) is 17.4 Å². The fraction of sp³-hybridized carbons (Fsp3) is 0.214. The van der Waals surface area contributed by atoms with Crippen molar-refractivity contribution in [3.05, 3.63) is 52.3 Å². The molecule has 0 saturated carbocycles. The first-order valence-electron chi connectivity index (χ1n) is 5.68. The lowest BCUT2D eigenvalue weighted by molar-refractivity contribution is 0.203. The van der Waals surface area contributed by atoms with Crippen LogP contribution < -0.4 is 9.47 Å². The number of halogens is 1. The molecular weight excluding hydrogens is 310 g/mol. The Morgan fingerprint density at radius 1 is 1.11 bits per heavy atom. The molecule has 100 valence electrons. The summed E-state index contributed by atoms with van der Waals surface area (Å²) in [6, 6.07) is 8.98. The summed E-state index contributed by atoms with van der Waals surface area (Å²) in [4.78, 5) is 4.20. The second-order valence-electron chi connectivity index (χ2n) is 3.85. The minimum Gasteiger partial charge on any atom is -0.496 e. The van der Waals surface area contributed by atoms with Gasteiger partial charge in [0.15, 0.2) is 0 Å². The highest BCUT2D eigenvalue weighted by atomic mass is 79.9. The molecule has 2 rings (SSSR count). The van der Waals surface area contributed by atoms with E-state index in [0.29, 0.717) is 22.8 Å². The number of methoxy groups -OCH3 is 2. The third kappa shape index (κ3) is 2.72. The van der Waals surface area contributed by atoms with Crippen molar-refractivity contribution >= 4 is 15.9 Å². The van der Waals surface area contributed by atoms with Crippen molar-refractivity contribution in [3.63, 3.8) is 0 Å².